The Morgan fingerprint density at radius 2 is 2.18 bits per heavy atom. The van der Waals surface area contributed by atoms with Crippen molar-refractivity contribution in [1.82, 2.24) is 4.72 Å². The van der Waals surface area contributed by atoms with Crippen LogP contribution < -0.4 is 10.5 Å². The minimum Gasteiger partial charge on any atom is -0.380 e. The van der Waals surface area contributed by atoms with Gasteiger partial charge in [-0.1, -0.05) is 12.1 Å². The zero-order valence-electron chi connectivity index (χ0n) is 10.0. The third kappa shape index (κ3) is 4.08. The van der Waals surface area contributed by atoms with E-state index in [4.69, 9.17) is 10.5 Å². The Balaban J connectivity index is 2.94. The molecular formula is C11H18N2O3S. The van der Waals surface area contributed by atoms with Gasteiger partial charge >= 0.3 is 0 Å². The fourth-order valence-corrected chi connectivity index (χ4v) is 2.68. The molecule has 0 aromatic heterocycles. The number of benzene rings is 1. The van der Waals surface area contributed by atoms with Gasteiger partial charge in [-0.3, -0.25) is 0 Å². The van der Waals surface area contributed by atoms with Crippen molar-refractivity contribution in [1.29, 1.82) is 0 Å². The third-order valence-electron chi connectivity index (χ3n) is 2.23. The lowest BCUT2D eigenvalue weighted by atomic mass is 10.2. The highest BCUT2D eigenvalue weighted by molar-refractivity contribution is 7.89. The Hall–Kier alpha value is -0.950. The SMILES string of the molecule is COCc1cccc(S(=O)(=O)N[C@@H](C)CN)c1. The molecule has 0 amide bonds. The van der Waals surface area contributed by atoms with Crippen LogP contribution in [0.4, 0.5) is 0 Å². The average Bonchev–Trinajstić information content (AvgIpc) is 2.29. The van der Waals surface area contributed by atoms with Crippen molar-refractivity contribution < 1.29 is 13.2 Å². The fourth-order valence-electron chi connectivity index (χ4n) is 1.35. The summed E-state index contributed by atoms with van der Waals surface area (Å²) in [6.07, 6.45) is 0. The molecule has 0 bridgehead atoms. The van der Waals surface area contributed by atoms with Crippen molar-refractivity contribution in [3.63, 3.8) is 0 Å². The van der Waals surface area contributed by atoms with Gasteiger partial charge in [-0.2, -0.15) is 0 Å². The summed E-state index contributed by atoms with van der Waals surface area (Å²) in [5.74, 6) is 0. The molecule has 0 aliphatic rings. The molecular weight excluding hydrogens is 240 g/mol. The summed E-state index contributed by atoms with van der Waals surface area (Å²) in [6, 6.07) is 6.36. The number of hydrogen-bond acceptors (Lipinski definition) is 4. The van der Waals surface area contributed by atoms with Crippen LogP contribution in [-0.2, 0) is 21.4 Å². The zero-order chi connectivity index (χ0) is 12.9. The second-order valence-corrected chi connectivity index (χ2v) is 5.55. The summed E-state index contributed by atoms with van der Waals surface area (Å²) in [5.41, 5.74) is 6.20. The molecule has 0 radical (unpaired) electrons. The molecule has 0 saturated carbocycles. The van der Waals surface area contributed by atoms with Crippen molar-refractivity contribution in [2.24, 2.45) is 5.73 Å². The lowest BCUT2D eigenvalue weighted by molar-refractivity contribution is 0.184. The first-order valence-corrected chi connectivity index (χ1v) is 6.78. The second-order valence-electron chi connectivity index (χ2n) is 3.84. The molecule has 0 aliphatic heterocycles. The minimum absolute atomic E-state index is 0.229. The van der Waals surface area contributed by atoms with Gasteiger partial charge in [0, 0.05) is 19.7 Å². The zero-order valence-corrected chi connectivity index (χ0v) is 10.8. The van der Waals surface area contributed by atoms with E-state index in [0.717, 1.165) is 5.56 Å². The molecule has 0 unspecified atom stereocenters. The van der Waals surface area contributed by atoms with E-state index >= 15 is 0 Å². The van der Waals surface area contributed by atoms with E-state index < -0.39 is 10.0 Å². The molecule has 0 saturated heterocycles. The smallest absolute Gasteiger partial charge is 0.240 e. The molecule has 17 heavy (non-hydrogen) atoms. The quantitative estimate of drug-likeness (QED) is 0.776. The average molecular weight is 258 g/mol. The maximum atomic E-state index is 12.0. The molecule has 6 heteroatoms. The molecule has 0 fully saturated rings. The summed E-state index contributed by atoms with van der Waals surface area (Å²) < 4.78 is 31.4. The van der Waals surface area contributed by atoms with Gasteiger partial charge < -0.3 is 10.5 Å². The molecule has 1 rings (SSSR count). The predicted molar refractivity (Wildman–Crippen MR) is 66.0 cm³/mol. The standard InChI is InChI=1S/C11H18N2O3S/c1-9(7-12)13-17(14,15)11-5-3-4-10(6-11)8-16-2/h3-6,9,13H,7-8,12H2,1-2H3/t9-/m0/s1. The molecule has 1 aromatic carbocycles. The molecule has 3 N–H and O–H groups in total. The van der Waals surface area contributed by atoms with Gasteiger partial charge in [0.25, 0.3) is 0 Å². The molecule has 0 heterocycles. The van der Waals surface area contributed by atoms with Gasteiger partial charge in [0.15, 0.2) is 0 Å². The van der Waals surface area contributed by atoms with Crippen molar-refractivity contribution in [3.05, 3.63) is 29.8 Å². The Morgan fingerprint density at radius 1 is 1.47 bits per heavy atom. The Kier molecular flexibility index (Phi) is 5.07. The number of hydrogen-bond donors (Lipinski definition) is 2. The Bertz CT molecular complexity index is 460. The normalized spacial score (nSPS) is 13.6. The molecule has 1 atom stereocenters. The molecule has 1 aromatic rings. The molecule has 5 nitrogen and oxygen atoms in total. The van der Waals surface area contributed by atoms with E-state index in [1.165, 1.54) is 0 Å². The first-order valence-electron chi connectivity index (χ1n) is 5.30. The molecule has 0 spiro atoms. The number of methoxy groups -OCH3 is 1. The van der Waals surface area contributed by atoms with Gasteiger partial charge in [0.1, 0.15) is 0 Å². The van der Waals surface area contributed by atoms with Crippen LogP contribution in [0.5, 0.6) is 0 Å². The van der Waals surface area contributed by atoms with Crippen LogP contribution in [0, 0.1) is 0 Å². The third-order valence-corrected chi connectivity index (χ3v) is 3.82. The van der Waals surface area contributed by atoms with Gasteiger partial charge in [-0.25, -0.2) is 13.1 Å². The Morgan fingerprint density at radius 3 is 2.76 bits per heavy atom. The van der Waals surface area contributed by atoms with Crippen LogP contribution >= 0.6 is 0 Å². The number of nitrogens with two attached hydrogens (primary N) is 1. The van der Waals surface area contributed by atoms with Crippen molar-refractivity contribution >= 4 is 10.0 Å². The first-order chi connectivity index (χ1) is 7.99. The number of rotatable bonds is 6. The van der Waals surface area contributed by atoms with Gasteiger partial charge in [0.2, 0.25) is 10.0 Å². The number of nitrogens with one attached hydrogen (secondary N) is 1. The topological polar surface area (TPSA) is 81.4 Å². The molecule has 96 valence electrons. The van der Waals surface area contributed by atoms with Crippen LogP contribution in [0.2, 0.25) is 0 Å². The summed E-state index contributed by atoms with van der Waals surface area (Å²) in [6.45, 7) is 2.36. The number of ether oxygens (including phenoxy) is 1. The Labute approximate surface area is 102 Å². The van der Waals surface area contributed by atoms with E-state index in [1.807, 2.05) is 6.07 Å². The van der Waals surface area contributed by atoms with E-state index in [2.05, 4.69) is 4.72 Å². The van der Waals surface area contributed by atoms with Crippen molar-refractivity contribution in [3.8, 4) is 0 Å². The summed E-state index contributed by atoms with van der Waals surface area (Å²) in [5, 5.41) is 0. The summed E-state index contributed by atoms with van der Waals surface area (Å²) >= 11 is 0. The largest absolute Gasteiger partial charge is 0.380 e. The van der Waals surface area contributed by atoms with Crippen LogP contribution in [-0.4, -0.2) is 28.1 Å². The second kappa shape index (κ2) is 6.11. The lowest BCUT2D eigenvalue weighted by Crippen LogP contribution is -2.37. The maximum Gasteiger partial charge on any atom is 0.240 e. The highest BCUT2D eigenvalue weighted by Gasteiger charge is 2.16. The van der Waals surface area contributed by atoms with Crippen LogP contribution in [0.25, 0.3) is 0 Å². The lowest BCUT2D eigenvalue weighted by Gasteiger charge is -2.12. The van der Waals surface area contributed by atoms with E-state index in [-0.39, 0.29) is 17.5 Å². The summed E-state index contributed by atoms with van der Waals surface area (Å²) in [4.78, 5) is 0.229. The highest BCUT2D eigenvalue weighted by atomic mass is 32.2. The van der Waals surface area contributed by atoms with Gasteiger partial charge in [0.05, 0.1) is 11.5 Å². The predicted octanol–water partition coefficient (Wildman–Crippen LogP) is 0.459. The molecule has 0 aliphatic carbocycles. The maximum absolute atomic E-state index is 12.0. The van der Waals surface area contributed by atoms with Crippen molar-refractivity contribution in [2.75, 3.05) is 13.7 Å². The minimum atomic E-state index is -3.50. The van der Waals surface area contributed by atoms with Crippen LogP contribution in [0.1, 0.15) is 12.5 Å². The van der Waals surface area contributed by atoms with E-state index in [9.17, 15) is 8.42 Å². The highest BCUT2D eigenvalue weighted by Crippen LogP contribution is 2.12. The van der Waals surface area contributed by atoms with Crippen molar-refractivity contribution in [2.45, 2.75) is 24.5 Å². The fraction of sp³-hybridized carbons (Fsp3) is 0.455. The number of sulfonamides is 1. The van der Waals surface area contributed by atoms with Crippen LogP contribution in [0.15, 0.2) is 29.2 Å². The van der Waals surface area contributed by atoms with E-state index in [0.29, 0.717) is 6.61 Å². The van der Waals surface area contributed by atoms with Gasteiger partial charge in [-0.15, -0.1) is 0 Å². The monoisotopic (exact) mass is 258 g/mol. The van der Waals surface area contributed by atoms with Gasteiger partial charge in [-0.05, 0) is 24.6 Å². The van der Waals surface area contributed by atoms with Crippen LogP contribution in [0.3, 0.4) is 0 Å². The summed E-state index contributed by atoms with van der Waals surface area (Å²) in [7, 11) is -1.93. The van der Waals surface area contributed by atoms with E-state index in [1.54, 1.807) is 32.2 Å². The first kappa shape index (κ1) is 14.1.